The van der Waals surface area contributed by atoms with Crippen molar-refractivity contribution in [3.8, 4) is 0 Å². The second-order valence-electron chi connectivity index (χ2n) is 5.90. The van der Waals surface area contributed by atoms with E-state index in [1.54, 1.807) is 0 Å². The molecule has 24 heavy (non-hydrogen) atoms. The molecular formula is C14H18F6O4. The summed E-state index contributed by atoms with van der Waals surface area (Å²) in [7, 11) is 0. The highest BCUT2D eigenvalue weighted by Gasteiger charge is 2.71. The van der Waals surface area contributed by atoms with Crippen LogP contribution in [0.5, 0.6) is 0 Å². The number of alkyl halides is 6. The predicted molar refractivity (Wildman–Crippen MR) is 70.0 cm³/mol. The molecule has 1 aliphatic carbocycles. The molecule has 0 spiro atoms. The lowest BCUT2D eigenvalue weighted by atomic mass is 9.75. The summed E-state index contributed by atoms with van der Waals surface area (Å²) in [5, 5.41) is 9.07. The maximum Gasteiger partial charge on any atom is 0.428 e. The molecule has 0 saturated heterocycles. The van der Waals surface area contributed by atoms with Gasteiger partial charge in [-0.25, -0.2) is 4.79 Å². The van der Waals surface area contributed by atoms with Crippen LogP contribution in [0.1, 0.15) is 33.1 Å². The van der Waals surface area contributed by atoms with Crippen LogP contribution < -0.4 is 0 Å². The third kappa shape index (κ3) is 4.02. The van der Waals surface area contributed by atoms with Gasteiger partial charge in [0, 0.05) is 18.4 Å². The Hall–Kier alpha value is -1.29. The van der Waals surface area contributed by atoms with Crippen molar-refractivity contribution in [2.45, 2.75) is 62.8 Å². The van der Waals surface area contributed by atoms with E-state index in [1.165, 1.54) is 13.8 Å². The average molecular weight is 364 g/mol. The first kappa shape index (κ1) is 20.8. The van der Waals surface area contributed by atoms with Crippen molar-refractivity contribution >= 4 is 5.97 Å². The summed E-state index contributed by atoms with van der Waals surface area (Å²) in [6.07, 6.45) is -12.6. The molecule has 1 saturated carbocycles. The molecule has 0 bridgehead atoms. The first-order valence-corrected chi connectivity index (χ1v) is 7.04. The van der Waals surface area contributed by atoms with E-state index in [0.717, 1.165) is 0 Å². The molecule has 1 N–H and O–H groups in total. The fourth-order valence-electron chi connectivity index (χ4n) is 2.20. The highest BCUT2D eigenvalue weighted by molar-refractivity contribution is 5.87. The number of hydrogen-bond donors (Lipinski definition) is 1. The van der Waals surface area contributed by atoms with Crippen LogP contribution in [0, 0.1) is 0 Å². The van der Waals surface area contributed by atoms with Gasteiger partial charge in [0.25, 0.3) is 5.60 Å². The molecule has 0 aromatic rings. The van der Waals surface area contributed by atoms with Crippen LogP contribution >= 0.6 is 0 Å². The summed E-state index contributed by atoms with van der Waals surface area (Å²) < 4.78 is 85.4. The van der Waals surface area contributed by atoms with Gasteiger partial charge in [-0.3, -0.25) is 0 Å². The van der Waals surface area contributed by atoms with Gasteiger partial charge in [-0.15, -0.1) is 0 Å². The van der Waals surface area contributed by atoms with Gasteiger partial charge in [0.2, 0.25) is 0 Å². The van der Waals surface area contributed by atoms with Gasteiger partial charge in [-0.2, -0.15) is 26.3 Å². The number of aliphatic hydroxyl groups is 1. The number of rotatable bonds is 6. The number of ether oxygens (including phenoxy) is 2. The minimum Gasteiger partial charge on any atom is -0.459 e. The van der Waals surface area contributed by atoms with Crippen LogP contribution in [-0.2, 0) is 14.3 Å². The van der Waals surface area contributed by atoms with E-state index in [1.807, 2.05) is 0 Å². The van der Waals surface area contributed by atoms with E-state index in [9.17, 15) is 31.1 Å². The molecule has 1 fully saturated rings. The minimum absolute atomic E-state index is 0.0612. The molecule has 10 heteroatoms. The SMILES string of the molecule is C=C(C)C(=O)OC1CC(CC)(OCC(O)(C(F)(F)F)C(F)(F)F)C1. The van der Waals surface area contributed by atoms with Crippen molar-refractivity contribution < 1.29 is 45.7 Å². The Bertz CT molecular complexity index is 476. The van der Waals surface area contributed by atoms with E-state index < -0.39 is 42.2 Å². The molecule has 0 atom stereocenters. The molecule has 1 aliphatic rings. The van der Waals surface area contributed by atoms with Crippen molar-refractivity contribution in [3.63, 3.8) is 0 Å². The van der Waals surface area contributed by atoms with Gasteiger partial charge in [-0.05, 0) is 13.3 Å². The second-order valence-corrected chi connectivity index (χ2v) is 5.90. The van der Waals surface area contributed by atoms with E-state index in [0.29, 0.717) is 0 Å². The molecule has 140 valence electrons. The fourth-order valence-corrected chi connectivity index (χ4v) is 2.20. The average Bonchev–Trinajstić information content (AvgIpc) is 2.37. The Labute approximate surface area is 134 Å². The van der Waals surface area contributed by atoms with Crippen molar-refractivity contribution in [1.29, 1.82) is 0 Å². The number of esters is 1. The number of hydrogen-bond acceptors (Lipinski definition) is 4. The third-order valence-corrected chi connectivity index (χ3v) is 3.99. The molecule has 0 aromatic heterocycles. The second kappa shape index (κ2) is 6.55. The summed E-state index contributed by atoms with van der Waals surface area (Å²) in [5.41, 5.74) is -6.15. The Morgan fingerprint density at radius 3 is 2.00 bits per heavy atom. The van der Waals surface area contributed by atoms with Gasteiger partial charge >= 0.3 is 18.3 Å². The van der Waals surface area contributed by atoms with Crippen LogP contribution in [-0.4, -0.2) is 47.3 Å². The smallest absolute Gasteiger partial charge is 0.428 e. The molecule has 1 rings (SSSR count). The van der Waals surface area contributed by atoms with Crippen LogP contribution in [0.4, 0.5) is 26.3 Å². The van der Waals surface area contributed by atoms with Crippen LogP contribution in [0.3, 0.4) is 0 Å². The van der Waals surface area contributed by atoms with Crippen molar-refractivity contribution in [2.24, 2.45) is 0 Å². The van der Waals surface area contributed by atoms with Crippen molar-refractivity contribution in [2.75, 3.05) is 6.61 Å². The lowest BCUT2D eigenvalue weighted by molar-refractivity contribution is -0.385. The van der Waals surface area contributed by atoms with Gasteiger partial charge in [0.05, 0.1) is 12.2 Å². The summed E-state index contributed by atoms with van der Waals surface area (Å²) in [6, 6.07) is 0. The molecule has 0 heterocycles. The van der Waals surface area contributed by atoms with Crippen molar-refractivity contribution in [3.05, 3.63) is 12.2 Å². The largest absolute Gasteiger partial charge is 0.459 e. The normalized spacial score (nSPS) is 25.1. The first-order chi connectivity index (χ1) is 10.7. The predicted octanol–water partition coefficient (Wildman–Crippen LogP) is 3.29. The Kier molecular flexibility index (Phi) is 5.66. The Balaban J connectivity index is 2.74. The number of carbonyl (C=O) groups excluding carboxylic acids is 1. The van der Waals surface area contributed by atoms with E-state index in [4.69, 9.17) is 14.6 Å². The summed E-state index contributed by atoms with van der Waals surface area (Å²) in [5.74, 6) is -0.702. The van der Waals surface area contributed by atoms with E-state index >= 15 is 0 Å². The Morgan fingerprint density at radius 1 is 1.21 bits per heavy atom. The standard InChI is InChI=1S/C14H18F6O4/c1-4-11(5-9(6-11)24-10(21)8(2)3)23-7-12(22,13(15,16)17)14(18,19)20/h9,22H,2,4-7H2,1,3H3. The quantitative estimate of drug-likeness (QED) is 0.446. The first-order valence-electron chi connectivity index (χ1n) is 7.04. The van der Waals surface area contributed by atoms with Crippen LogP contribution in [0.15, 0.2) is 12.2 Å². The van der Waals surface area contributed by atoms with Crippen LogP contribution in [0.25, 0.3) is 0 Å². The number of carbonyl (C=O) groups is 1. The molecule has 0 amide bonds. The van der Waals surface area contributed by atoms with Crippen molar-refractivity contribution in [1.82, 2.24) is 0 Å². The summed E-state index contributed by atoms with van der Waals surface area (Å²) in [4.78, 5) is 11.3. The molecule has 0 aliphatic heterocycles. The minimum atomic E-state index is -5.93. The maximum absolute atomic E-state index is 12.6. The van der Waals surface area contributed by atoms with Gasteiger partial charge < -0.3 is 14.6 Å². The fraction of sp³-hybridized carbons (Fsp3) is 0.786. The Morgan fingerprint density at radius 2 is 1.67 bits per heavy atom. The van der Waals surface area contributed by atoms with Gasteiger partial charge in [0.15, 0.2) is 0 Å². The zero-order valence-electron chi connectivity index (χ0n) is 13.1. The summed E-state index contributed by atoms with van der Waals surface area (Å²) >= 11 is 0. The molecule has 0 unspecified atom stereocenters. The third-order valence-electron chi connectivity index (χ3n) is 3.99. The highest BCUT2D eigenvalue weighted by Crippen LogP contribution is 2.47. The molecule has 0 radical (unpaired) electrons. The van der Waals surface area contributed by atoms with Crippen LogP contribution in [0.2, 0.25) is 0 Å². The lowest BCUT2D eigenvalue weighted by Crippen LogP contribution is -2.62. The summed E-state index contributed by atoms with van der Waals surface area (Å²) in [6.45, 7) is 4.29. The highest BCUT2D eigenvalue weighted by atomic mass is 19.4. The molecule has 4 nitrogen and oxygen atoms in total. The molecule has 0 aromatic carbocycles. The monoisotopic (exact) mass is 364 g/mol. The zero-order chi connectivity index (χ0) is 19.0. The topological polar surface area (TPSA) is 55.8 Å². The van der Waals surface area contributed by atoms with E-state index in [2.05, 4.69) is 6.58 Å². The lowest BCUT2D eigenvalue weighted by Gasteiger charge is -2.47. The van der Waals surface area contributed by atoms with E-state index in [-0.39, 0.29) is 24.8 Å². The number of halogens is 6. The maximum atomic E-state index is 12.6. The van der Waals surface area contributed by atoms with Gasteiger partial charge in [-0.1, -0.05) is 13.5 Å². The zero-order valence-corrected chi connectivity index (χ0v) is 13.1. The van der Waals surface area contributed by atoms with Gasteiger partial charge in [0.1, 0.15) is 6.10 Å². The molecular weight excluding hydrogens is 346 g/mol.